The molecule has 0 aromatic heterocycles. The number of hydrogen-bond acceptors (Lipinski definition) is 3. The first kappa shape index (κ1) is 8.74. The molecule has 4 nitrogen and oxygen atoms in total. The minimum atomic E-state index is -0.240. The Morgan fingerprint density at radius 1 is 1.43 bits per heavy atom. The van der Waals surface area contributed by atoms with Crippen LogP contribution in [0.2, 0.25) is 0 Å². The molecule has 1 heterocycles. The van der Waals surface area contributed by atoms with Gasteiger partial charge in [0, 0.05) is 12.1 Å². The number of carbonyl (C=O) groups excluding carboxylic acids is 1. The Hall–Kier alpha value is -1.84. The van der Waals surface area contributed by atoms with Crippen molar-refractivity contribution in [2.45, 2.75) is 6.92 Å². The second kappa shape index (κ2) is 3.14. The lowest BCUT2D eigenvalue weighted by Crippen LogP contribution is -2.29. The maximum atomic E-state index is 11.7. The molecule has 0 unspecified atom stereocenters. The third-order valence-corrected chi connectivity index (χ3v) is 2.31. The predicted octanol–water partition coefficient (Wildman–Crippen LogP) is 1.23. The smallest absolute Gasteiger partial charge is 0.281 e. The number of nitrogens with zero attached hydrogens (tertiary/aromatic N) is 2. The summed E-state index contributed by atoms with van der Waals surface area (Å²) < 4.78 is 0. The van der Waals surface area contributed by atoms with Crippen molar-refractivity contribution in [1.29, 1.82) is 0 Å². The second-order valence-corrected chi connectivity index (χ2v) is 3.02. The summed E-state index contributed by atoms with van der Waals surface area (Å²) in [6, 6.07) is 7.29. The Labute approximate surface area is 81.5 Å². The molecule has 0 saturated carbocycles. The summed E-state index contributed by atoms with van der Waals surface area (Å²) >= 11 is 0. The number of anilines is 1. The summed E-state index contributed by atoms with van der Waals surface area (Å²) in [6.07, 6.45) is 0. The molecule has 72 valence electrons. The van der Waals surface area contributed by atoms with E-state index in [2.05, 4.69) is 5.16 Å². The van der Waals surface area contributed by atoms with Crippen LogP contribution in [0.5, 0.6) is 0 Å². The Bertz CT molecular complexity index is 412. The molecule has 0 atom stereocenters. The maximum absolute atomic E-state index is 11.7. The van der Waals surface area contributed by atoms with Crippen molar-refractivity contribution in [1.82, 2.24) is 0 Å². The fourth-order valence-electron chi connectivity index (χ4n) is 1.67. The molecule has 1 aliphatic heterocycles. The highest BCUT2D eigenvalue weighted by Gasteiger charge is 2.32. The normalized spacial score (nSPS) is 17.6. The molecule has 0 aliphatic carbocycles. The van der Waals surface area contributed by atoms with E-state index in [-0.39, 0.29) is 11.6 Å². The van der Waals surface area contributed by atoms with Crippen molar-refractivity contribution in [2.24, 2.45) is 5.16 Å². The van der Waals surface area contributed by atoms with E-state index in [0.717, 1.165) is 5.69 Å². The van der Waals surface area contributed by atoms with E-state index in [9.17, 15) is 4.79 Å². The van der Waals surface area contributed by atoms with Gasteiger partial charge in [0.1, 0.15) is 0 Å². The Morgan fingerprint density at radius 3 is 2.79 bits per heavy atom. The van der Waals surface area contributed by atoms with Gasteiger partial charge in [0.2, 0.25) is 0 Å². The summed E-state index contributed by atoms with van der Waals surface area (Å²) in [5.74, 6) is -0.240. The van der Waals surface area contributed by atoms with E-state index >= 15 is 0 Å². The van der Waals surface area contributed by atoms with Gasteiger partial charge < -0.3 is 10.1 Å². The molecule has 0 fully saturated rings. The first-order valence-electron chi connectivity index (χ1n) is 4.43. The van der Waals surface area contributed by atoms with Crippen LogP contribution in [0.25, 0.3) is 0 Å². The van der Waals surface area contributed by atoms with Gasteiger partial charge in [0.15, 0.2) is 5.71 Å². The van der Waals surface area contributed by atoms with E-state index in [1.165, 1.54) is 0 Å². The Morgan fingerprint density at radius 2 is 2.14 bits per heavy atom. The van der Waals surface area contributed by atoms with Crippen LogP contribution in [-0.2, 0) is 4.79 Å². The van der Waals surface area contributed by atoms with Crippen LogP contribution in [0.3, 0.4) is 0 Å². The number of carbonyl (C=O) groups is 1. The van der Waals surface area contributed by atoms with E-state index < -0.39 is 0 Å². The fraction of sp³-hybridized carbons (Fsp3) is 0.200. The highest BCUT2D eigenvalue weighted by Crippen LogP contribution is 2.28. The van der Waals surface area contributed by atoms with Crippen LogP contribution < -0.4 is 4.90 Å². The van der Waals surface area contributed by atoms with Gasteiger partial charge in [0.25, 0.3) is 5.91 Å². The zero-order chi connectivity index (χ0) is 10.1. The average Bonchev–Trinajstić information content (AvgIpc) is 2.49. The Kier molecular flexibility index (Phi) is 1.96. The molecule has 1 aromatic rings. The number of fused-ring (bicyclic) bond motifs is 1. The molecule has 0 bridgehead atoms. The number of oxime groups is 1. The lowest BCUT2D eigenvalue weighted by Gasteiger charge is -2.12. The van der Waals surface area contributed by atoms with Crippen LogP contribution >= 0.6 is 0 Å². The van der Waals surface area contributed by atoms with Crippen LogP contribution in [0.4, 0.5) is 5.69 Å². The summed E-state index contributed by atoms with van der Waals surface area (Å²) in [5, 5.41) is 11.8. The fourth-order valence-corrected chi connectivity index (χ4v) is 1.67. The van der Waals surface area contributed by atoms with Crippen molar-refractivity contribution in [3.8, 4) is 0 Å². The monoisotopic (exact) mass is 190 g/mol. The van der Waals surface area contributed by atoms with E-state index in [1.807, 2.05) is 25.1 Å². The summed E-state index contributed by atoms with van der Waals surface area (Å²) in [7, 11) is 0. The molecular weight excluding hydrogens is 180 g/mol. The van der Waals surface area contributed by atoms with Gasteiger partial charge in [-0.3, -0.25) is 4.79 Å². The van der Waals surface area contributed by atoms with Crippen LogP contribution in [0.1, 0.15) is 12.5 Å². The lowest BCUT2D eigenvalue weighted by molar-refractivity contribution is -0.112. The van der Waals surface area contributed by atoms with Gasteiger partial charge in [-0.15, -0.1) is 0 Å². The average molecular weight is 190 g/mol. The number of likely N-dealkylation sites (N-methyl/N-ethyl adjacent to an activating group) is 1. The van der Waals surface area contributed by atoms with Gasteiger partial charge in [-0.2, -0.15) is 0 Å². The number of rotatable bonds is 1. The molecule has 4 heteroatoms. The van der Waals surface area contributed by atoms with Gasteiger partial charge in [0.05, 0.1) is 5.69 Å². The third-order valence-electron chi connectivity index (χ3n) is 2.31. The number of hydrogen-bond donors (Lipinski definition) is 1. The number of benzene rings is 1. The Balaban J connectivity index is 2.62. The summed E-state index contributed by atoms with van der Waals surface area (Å²) in [6.45, 7) is 2.46. The minimum absolute atomic E-state index is 0.127. The zero-order valence-corrected chi connectivity index (χ0v) is 7.77. The van der Waals surface area contributed by atoms with Crippen molar-refractivity contribution in [2.75, 3.05) is 11.4 Å². The van der Waals surface area contributed by atoms with Gasteiger partial charge in [-0.05, 0) is 13.0 Å². The molecular formula is C10H10N2O2. The first-order valence-corrected chi connectivity index (χ1v) is 4.43. The lowest BCUT2D eigenvalue weighted by atomic mass is 10.1. The standard InChI is InChI=1S/C10H10N2O2/c1-2-12-8-6-4-3-5-7(8)9(11-14)10(12)13/h3-6,14H,2H2,1H3. The molecule has 0 radical (unpaired) electrons. The molecule has 1 N–H and O–H groups in total. The van der Waals surface area contributed by atoms with E-state index in [4.69, 9.17) is 5.21 Å². The van der Waals surface area contributed by atoms with Crippen LogP contribution in [0.15, 0.2) is 29.4 Å². The predicted molar refractivity (Wildman–Crippen MR) is 52.8 cm³/mol. The van der Waals surface area contributed by atoms with E-state index in [1.54, 1.807) is 11.0 Å². The first-order chi connectivity index (χ1) is 6.79. The second-order valence-electron chi connectivity index (χ2n) is 3.02. The van der Waals surface area contributed by atoms with Crippen LogP contribution in [-0.4, -0.2) is 23.4 Å². The molecule has 1 aromatic carbocycles. The molecule has 1 aliphatic rings. The number of para-hydroxylation sites is 1. The highest BCUT2D eigenvalue weighted by molar-refractivity contribution is 6.54. The van der Waals surface area contributed by atoms with Crippen molar-refractivity contribution < 1.29 is 10.0 Å². The molecule has 0 spiro atoms. The SMILES string of the molecule is CCN1C(=O)C(=NO)c2ccccc21. The third kappa shape index (κ3) is 1.00. The topological polar surface area (TPSA) is 52.9 Å². The van der Waals surface area contributed by atoms with Crippen molar-refractivity contribution in [3.05, 3.63) is 29.8 Å². The maximum Gasteiger partial charge on any atom is 0.281 e. The molecule has 0 saturated heterocycles. The van der Waals surface area contributed by atoms with Crippen molar-refractivity contribution >= 4 is 17.3 Å². The quantitative estimate of drug-likeness (QED) is 0.535. The van der Waals surface area contributed by atoms with Crippen molar-refractivity contribution in [3.63, 3.8) is 0 Å². The highest BCUT2D eigenvalue weighted by atomic mass is 16.4. The molecule has 2 rings (SSSR count). The molecule has 1 amide bonds. The number of amides is 1. The van der Waals surface area contributed by atoms with Gasteiger partial charge >= 0.3 is 0 Å². The van der Waals surface area contributed by atoms with Gasteiger partial charge in [-0.1, -0.05) is 23.4 Å². The van der Waals surface area contributed by atoms with Gasteiger partial charge in [-0.25, -0.2) is 0 Å². The minimum Gasteiger partial charge on any atom is -0.410 e. The largest absolute Gasteiger partial charge is 0.410 e. The molecule has 14 heavy (non-hydrogen) atoms. The van der Waals surface area contributed by atoms with Crippen LogP contribution in [0, 0.1) is 0 Å². The van der Waals surface area contributed by atoms with E-state index in [0.29, 0.717) is 12.1 Å². The summed E-state index contributed by atoms with van der Waals surface area (Å²) in [5.41, 5.74) is 1.64. The summed E-state index contributed by atoms with van der Waals surface area (Å²) in [4.78, 5) is 13.2. The zero-order valence-electron chi connectivity index (χ0n) is 7.77.